The lowest BCUT2D eigenvalue weighted by Gasteiger charge is -2.04. The molecule has 0 bridgehead atoms. The Morgan fingerprint density at radius 2 is 1.71 bits per heavy atom. The summed E-state index contributed by atoms with van der Waals surface area (Å²) in [4.78, 5) is 11.0. The van der Waals surface area contributed by atoms with Crippen LogP contribution in [0.25, 0.3) is 0 Å². The van der Waals surface area contributed by atoms with E-state index in [1.54, 1.807) is 20.8 Å². The van der Waals surface area contributed by atoms with E-state index < -0.39 is 5.60 Å². The molecule has 0 fully saturated rings. The van der Waals surface area contributed by atoms with Crippen LogP contribution in [-0.2, 0) is 16.0 Å². The first-order valence-corrected chi connectivity index (χ1v) is 5.75. The Hall–Kier alpha value is -1.35. The second-order valence-corrected chi connectivity index (χ2v) is 4.64. The van der Waals surface area contributed by atoms with Gasteiger partial charge in [-0.25, -0.2) is 0 Å². The number of aliphatic hydroxyl groups is 1. The summed E-state index contributed by atoms with van der Waals surface area (Å²) in [5.74, 6) is -0.163. The number of esters is 1. The second-order valence-electron chi connectivity index (χ2n) is 4.64. The van der Waals surface area contributed by atoms with Gasteiger partial charge in [0.05, 0.1) is 18.6 Å². The SMILES string of the molecule is CC(C)(C)O.CCOC(=O)Cc1ccccc1. The zero-order valence-electron chi connectivity index (χ0n) is 11.1. The molecule has 0 aromatic heterocycles. The highest BCUT2D eigenvalue weighted by Gasteiger charge is 2.01. The molecule has 0 saturated carbocycles. The van der Waals surface area contributed by atoms with E-state index in [2.05, 4.69) is 0 Å². The number of carbonyl (C=O) groups is 1. The van der Waals surface area contributed by atoms with E-state index in [0.717, 1.165) is 5.56 Å². The van der Waals surface area contributed by atoms with Crippen molar-refractivity contribution in [1.29, 1.82) is 0 Å². The molecule has 1 aromatic carbocycles. The van der Waals surface area contributed by atoms with Gasteiger partial charge in [0.25, 0.3) is 0 Å². The van der Waals surface area contributed by atoms with Crippen LogP contribution in [0.2, 0.25) is 0 Å². The highest BCUT2D eigenvalue weighted by atomic mass is 16.5. The first-order valence-electron chi connectivity index (χ1n) is 5.75. The molecule has 3 nitrogen and oxygen atoms in total. The molecule has 0 amide bonds. The number of benzene rings is 1. The Morgan fingerprint density at radius 1 is 1.24 bits per heavy atom. The van der Waals surface area contributed by atoms with Crippen LogP contribution in [-0.4, -0.2) is 23.3 Å². The maximum atomic E-state index is 11.0. The minimum Gasteiger partial charge on any atom is -0.466 e. The Bertz CT molecular complexity index is 306. The molecular formula is C14H22O3. The zero-order chi connectivity index (χ0) is 13.3. The number of rotatable bonds is 3. The van der Waals surface area contributed by atoms with Crippen molar-refractivity contribution in [3.63, 3.8) is 0 Å². The van der Waals surface area contributed by atoms with Gasteiger partial charge in [0.1, 0.15) is 0 Å². The van der Waals surface area contributed by atoms with Gasteiger partial charge in [0.2, 0.25) is 0 Å². The third kappa shape index (κ3) is 12.6. The smallest absolute Gasteiger partial charge is 0.310 e. The molecule has 96 valence electrons. The average Bonchev–Trinajstić information content (AvgIpc) is 2.16. The lowest BCUT2D eigenvalue weighted by atomic mass is 10.2. The summed E-state index contributed by atoms with van der Waals surface area (Å²) in [6, 6.07) is 9.58. The molecule has 0 unspecified atom stereocenters. The van der Waals surface area contributed by atoms with E-state index in [1.807, 2.05) is 37.3 Å². The second kappa shape index (κ2) is 7.85. The summed E-state index contributed by atoms with van der Waals surface area (Å²) < 4.78 is 4.81. The molecule has 0 spiro atoms. The van der Waals surface area contributed by atoms with Crippen molar-refractivity contribution < 1.29 is 14.6 Å². The quantitative estimate of drug-likeness (QED) is 0.823. The molecule has 0 aliphatic heterocycles. The number of hydrogen-bond acceptors (Lipinski definition) is 3. The highest BCUT2D eigenvalue weighted by molar-refractivity contribution is 5.72. The van der Waals surface area contributed by atoms with Crippen molar-refractivity contribution in [2.75, 3.05) is 6.61 Å². The van der Waals surface area contributed by atoms with Crippen LogP contribution >= 0.6 is 0 Å². The van der Waals surface area contributed by atoms with Crippen LogP contribution in [0.5, 0.6) is 0 Å². The van der Waals surface area contributed by atoms with Crippen molar-refractivity contribution in [2.45, 2.75) is 39.7 Å². The summed E-state index contributed by atoms with van der Waals surface area (Å²) in [6.45, 7) is 7.49. The molecule has 1 N–H and O–H groups in total. The molecule has 0 aliphatic carbocycles. The van der Waals surface area contributed by atoms with Gasteiger partial charge in [-0.05, 0) is 33.3 Å². The van der Waals surface area contributed by atoms with Gasteiger partial charge < -0.3 is 9.84 Å². The maximum absolute atomic E-state index is 11.0. The molecule has 0 atom stereocenters. The molecule has 0 heterocycles. The van der Waals surface area contributed by atoms with Crippen molar-refractivity contribution in [3.8, 4) is 0 Å². The molecule has 0 aliphatic rings. The van der Waals surface area contributed by atoms with E-state index in [1.165, 1.54) is 0 Å². The standard InChI is InChI=1S/C10H12O2.C4H10O/c1-2-12-10(11)8-9-6-4-3-5-7-9;1-4(2,3)5/h3-7H,2,8H2,1H3;5H,1-3H3. The summed E-state index contributed by atoms with van der Waals surface area (Å²) in [6.07, 6.45) is 0.370. The lowest BCUT2D eigenvalue weighted by molar-refractivity contribution is -0.142. The van der Waals surface area contributed by atoms with Gasteiger partial charge in [0, 0.05) is 0 Å². The summed E-state index contributed by atoms with van der Waals surface area (Å²) in [5.41, 5.74) is 0.496. The molecule has 0 saturated heterocycles. The van der Waals surface area contributed by atoms with Gasteiger partial charge in [-0.2, -0.15) is 0 Å². The van der Waals surface area contributed by atoms with Crippen molar-refractivity contribution in [1.82, 2.24) is 0 Å². The van der Waals surface area contributed by atoms with E-state index in [-0.39, 0.29) is 5.97 Å². The van der Waals surface area contributed by atoms with Crippen molar-refractivity contribution in [3.05, 3.63) is 35.9 Å². The fourth-order valence-corrected chi connectivity index (χ4v) is 0.975. The molecule has 0 radical (unpaired) electrons. The molecule has 17 heavy (non-hydrogen) atoms. The number of carbonyl (C=O) groups excluding carboxylic acids is 1. The monoisotopic (exact) mass is 238 g/mol. The number of hydrogen-bond donors (Lipinski definition) is 1. The zero-order valence-corrected chi connectivity index (χ0v) is 11.1. The van der Waals surface area contributed by atoms with Crippen LogP contribution in [0, 0.1) is 0 Å². The maximum Gasteiger partial charge on any atom is 0.310 e. The summed E-state index contributed by atoms with van der Waals surface area (Å²) in [7, 11) is 0. The van der Waals surface area contributed by atoms with Crippen LogP contribution in [0.3, 0.4) is 0 Å². The third-order valence-electron chi connectivity index (χ3n) is 1.50. The van der Waals surface area contributed by atoms with Gasteiger partial charge >= 0.3 is 5.97 Å². The predicted octanol–water partition coefficient (Wildman–Crippen LogP) is 2.57. The Labute approximate surface area is 103 Å². The first-order chi connectivity index (χ1) is 7.83. The fraction of sp³-hybridized carbons (Fsp3) is 0.500. The van der Waals surface area contributed by atoms with E-state index in [4.69, 9.17) is 9.84 Å². The highest BCUT2D eigenvalue weighted by Crippen LogP contribution is 2.00. The minimum atomic E-state index is -0.500. The Morgan fingerprint density at radius 3 is 2.12 bits per heavy atom. The van der Waals surface area contributed by atoms with E-state index in [0.29, 0.717) is 13.0 Å². The van der Waals surface area contributed by atoms with Gasteiger partial charge in [-0.3, -0.25) is 4.79 Å². The van der Waals surface area contributed by atoms with Crippen LogP contribution < -0.4 is 0 Å². The van der Waals surface area contributed by atoms with Crippen molar-refractivity contribution in [2.24, 2.45) is 0 Å². The van der Waals surface area contributed by atoms with E-state index >= 15 is 0 Å². The fourth-order valence-electron chi connectivity index (χ4n) is 0.975. The minimum absolute atomic E-state index is 0.163. The first kappa shape index (κ1) is 15.7. The third-order valence-corrected chi connectivity index (χ3v) is 1.50. The number of ether oxygens (including phenoxy) is 1. The van der Waals surface area contributed by atoms with Crippen LogP contribution in [0.4, 0.5) is 0 Å². The van der Waals surface area contributed by atoms with Gasteiger partial charge in [-0.15, -0.1) is 0 Å². The topological polar surface area (TPSA) is 46.5 Å². The summed E-state index contributed by atoms with van der Waals surface area (Å²) >= 11 is 0. The molecular weight excluding hydrogens is 216 g/mol. The molecule has 1 rings (SSSR count). The van der Waals surface area contributed by atoms with Gasteiger partial charge in [-0.1, -0.05) is 30.3 Å². The Kier molecular flexibility index (Phi) is 7.22. The lowest BCUT2D eigenvalue weighted by Crippen LogP contribution is -2.10. The largest absolute Gasteiger partial charge is 0.466 e. The molecule has 3 heteroatoms. The normalized spacial score (nSPS) is 10.2. The van der Waals surface area contributed by atoms with Crippen molar-refractivity contribution >= 4 is 5.97 Å². The average molecular weight is 238 g/mol. The predicted molar refractivity (Wildman–Crippen MR) is 68.8 cm³/mol. The summed E-state index contributed by atoms with van der Waals surface area (Å²) in [5, 5.41) is 8.52. The van der Waals surface area contributed by atoms with Gasteiger partial charge in [0.15, 0.2) is 0 Å². The van der Waals surface area contributed by atoms with Crippen LogP contribution in [0.1, 0.15) is 33.3 Å². The Balaban J connectivity index is 0.000000437. The molecule has 1 aromatic rings. The van der Waals surface area contributed by atoms with E-state index in [9.17, 15) is 4.79 Å². The van der Waals surface area contributed by atoms with Crippen LogP contribution in [0.15, 0.2) is 30.3 Å².